The van der Waals surface area contributed by atoms with Crippen LogP contribution in [-0.4, -0.2) is 37.2 Å². The van der Waals surface area contributed by atoms with E-state index in [0.717, 1.165) is 11.6 Å². The van der Waals surface area contributed by atoms with Crippen LogP contribution >= 0.6 is 0 Å². The zero-order chi connectivity index (χ0) is 20.1. The molecule has 28 heavy (non-hydrogen) atoms. The summed E-state index contributed by atoms with van der Waals surface area (Å²) in [6, 6.07) is 10.2. The molecule has 150 valence electrons. The molecule has 1 aliphatic rings. The molecule has 0 N–H and O–H groups in total. The molecule has 0 radical (unpaired) electrons. The molecule has 0 atom stereocenters. The molecule has 8 heteroatoms. The van der Waals surface area contributed by atoms with Crippen molar-refractivity contribution in [2.75, 3.05) is 26.4 Å². The van der Waals surface area contributed by atoms with Crippen LogP contribution in [0.2, 0.25) is 0 Å². The molecule has 0 unspecified atom stereocenters. The van der Waals surface area contributed by atoms with E-state index in [0.29, 0.717) is 31.3 Å². The summed E-state index contributed by atoms with van der Waals surface area (Å²) < 4.78 is 55.5. The maximum absolute atomic E-state index is 13.0. The van der Waals surface area contributed by atoms with Crippen LogP contribution in [0.3, 0.4) is 0 Å². The maximum Gasteiger partial charge on any atom is 0.419 e. The maximum atomic E-state index is 13.0. The van der Waals surface area contributed by atoms with E-state index in [1.165, 1.54) is 23.1 Å². The van der Waals surface area contributed by atoms with Gasteiger partial charge in [-0.05, 0) is 25.1 Å². The third kappa shape index (κ3) is 4.49. The minimum atomic E-state index is -4.55. The highest BCUT2D eigenvalue weighted by molar-refractivity contribution is 5.78. The molecule has 1 aliphatic heterocycles. The average Bonchev–Trinajstić information content (AvgIpc) is 2.69. The van der Waals surface area contributed by atoms with Crippen LogP contribution in [0, 0.1) is 0 Å². The molecule has 1 amide bonds. The normalized spacial score (nSPS) is 13.1. The Morgan fingerprint density at radius 2 is 1.86 bits per heavy atom. The number of benzene rings is 2. The molecular weight excluding hydrogens is 375 g/mol. The van der Waals surface area contributed by atoms with Crippen LogP contribution in [0.25, 0.3) is 0 Å². The lowest BCUT2D eigenvalue weighted by molar-refractivity contribution is -0.141. The van der Waals surface area contributed by atoms with Gasteiger partial charge < -0.3 is 19.1 Å². The molecular formula is C20H20F3NO4. The summed E-state index contributed by atoms with van der Waals surface area (Å²) in [5.74, 6) is 0.410. The summed E-state index contributed by atoms with van der Waals surface area (Å²) in [4.78, 5) is 14.0. The summed E-state index contributed by atoms with van der Waals surface area (Å²) in [5, 5.41) is 0. The van der Waals surface area contributed by atoms with Crippen molar-refractivity contribution in [1.29, 1.82) is 0 Å². The molecule has 0 spiro atoms. The second kappa shape index (κ2) is 8.41. The zero-order valence-corrected chi connectivity index (χ0v) is 15.3. The van der Waals surface area contributed by atoms with Gasteiger partial charge in [-0.15, -0.1) is 0 Å². The molecule has 3 rings (SSSR count). The van der Waals surface area contributed by atoms with Gasteiger partial charge in [0.1, 0.15) is 19.0 Å². The van der Waals surface area contributed by atoms with Gasteiger partial charge in [0.15, 0.2) is 18.1 Å². The summed E-state index contributed by atoms with van der Waals surface area (Å²) >= 11 is 0. The monoisotopic (exact) mass is 395 g/mol. The Morgan fingerprint density at radius 3 is 2.61 bits per heavy atom. The zero-order valence-electron chi connectivity index (χ0n) is 15.3. The third-order valence-electron chi connectivity index (χ3n) is 4.29. The molecule has 0 bridgehead atoms. The molecule has 5 nitrogen and oxygen atoms in total. The van der Waals surface area contributed by atoms with Crippen molar-refractivity contribution in [3.63, 3.8) is 0 Å². The number of carbonyl (C=O) groups is 1. The number of likely N-dealkylation sites (N-methyl/N-ethyl adjacent to an activating group) is 1. The van der Waals surface area contributed by atoms with E-state index in [9.17, 15) is 18.0 Å². The fourth-order valence-electron chi connectivity index (χ4n) is 2.90. The Hall–Kier alpha value is -2.90. The largest absolute Gasteiger partial charge is 0.486 e. The average molecular weight is 395 g/mol. The quantitative estimate of drug-likeness (QED) is 0.744. The minimum Gasteiger partial charge on any atom is -0.486 e. The highest BCUT2D eigenvalue weighted by atomic mass is 19.4. The third-order valence-corrected chi connectivity index (χ3v) is 4.29. The van der Waals surface area contributed by atoms with E-state index in [4.69, 9.17) is 14.2 Å². The second-order valence-corrected chi connectivity index (χ2v) is 6.13. The van der Waals surface area contributed by atoms with Crippen LogP contribution in [0.1, 0.15) is 18.1 Å². The Bertz CT molecular complexity index is 838. The number of ether oxygens (including phenoxy) is 3. The van der Waals surface area contributed by atoms with Gasteiger partial charge in [-0.2, -0.15) is 13.2 Å². The van der Waals surface area contributed by atoms with Crippen LogP contribution in [0.4, 0.5) is 13.2 Å². The number of fused-ring (bicyclic) bond motifs is 1. The predicted octanol–water partition coefficient (Wildman–Crippen LogP) is 3.90. The van der Waals surface area contributed by atoms with Crippen LogP contribution in [0.5, 0.6) is 17.2 Å². The van der Waals surface area contributed by atoms with E-state index < -0.39 is 24.3 Å². The van der Waals surface area contributed by atoms with Crippen molar-refractivity contribution in [2.24, 2.45) is 0 Å². The number of amides is 1. The van der Waals surface area contributed by atoms with Gasteiger partial charge in [-0.3, -0.25) is 4.79 Å². The highest BCUT2D eigenvalue weighted by Gasteiger charge is 2.34. The molecule has 0 saturated heterocycles. The molecule has 0 saturated carbocycles. The van der Waals surface area contributed by atoms with Gasteiger partial charge in [0.25, 0.3) is 5.91 Å². The van der Waals surface area contributed by atoms with E-state index in [1.54, 1.807) is 19.1 Å². The fraction of sp³-hybridized carbons (Fsp3) is 0.350. The Morgan fingerprint density at radius 1 is 1.11 bits per heavy atom. The smallest absolute Gasteiger partial charge is 0.419 e. The SMILES string of the molecule is CCN(Cc1cccc2c1OCCO2)C(=O)COc1ccccc1C(F)(F)F. The van der Waals surface area contributed by atoms with Crippen LogP contribution < -0.4 is 14.2 Å². The predicted molar refractivity (Wildman–Crippen MR) is 95.5 cm³/mol. The first-order valence-corrected chi connectivity index (χ1v) is 8.84. The lowest BCUT2D eigenvalue weighted by Crippen LogP contribution is -2.34. The first-order chi connectivity index (χ1) is 13.4. The van der Waals surface area contributed by atoms with Crippen molar-refractivity contribution in [3.05, 3.63) is 53.6 Å². The first kappa shape index (κ1) is 19.9. The number of nitrogens with zero attached hydrogens (tertiary/aromatic N) is 1. The first-order valence-electron chi connectivity index (χ1n) is 8.84. The number of alkyl halides is 3. The number of hydrogen-bond acceptors (Lipinski definition) is 4. The van der Waals surface area contributed by atoms with E-state index >= 15 is 0 Å². The number of para-hydroxylation sites is 2. The fourth-order valence-corrected chi connectivity index (χ4v) is 2.90. The van der Waals surface area contributed by atoms with Crippen molar-refractivity contribution in [2.45, 2.75) is 19.6 Å². The highest BCUT2D eigenvalue weighted by Crippen LogP contribution is 2.36. The molecule has 2 aromatic rings. The van der Waals surface area contributed by atoms with Crippen molar-refractivity contribution in [1.82, 2.24) is 4.90 Å². The Balaban J connectivity index is 1.69. The topological polar surface area (TPSA) is 48.0 Å². The standard InChI is InChI=1S/C20H20F3NO4/c1-2-24(12-14-6-5-9-17-19(14)27-11-10-26-17)18(25)13-28-16-8-4-3-7-15(16)20(21,22)23/h3-9H,2,10-13H2,1H3. The molecule has 2 aromatic carbocycles. The molecule has 0 aliphatic carbocycles. The molecule has 0 aromatic heterocycles. The van der Waals surface area contributed by atoms with Gasteiger partial charge >= 0.3 is 6.18 Å². The lowest BCUT2D eigenvalue weighted by atomic mass is 10.1. The van der Waals surface area contributed by atoms with Crippen molar-refractivity contribution >= 4 is 5.91 Å². The second-order valence-electron chi connectivity index (χ2n) is 6.13. The summed E-state index contributed by atoms with van der Waals surface area (Å²) in [7, 11) is 0. The van der Waals surface area contributed by atoms with E-state index in [1.807, 2.05) is 6.07 Å². The molecule has 1 heterocycles. The van der Waals surface area contributed by atoms with Gasteiger partial charge in [0, 0.05) is 18.7 Å². The van der Waals surface area contributed by atoms with E-state index in [2.05, 4.69) is 0 Å². The van der Waals surface area contributed by atoms with Gasteiger partial charge in [-0.1, -0.05) is 24.3 Å². The molecule has 0 fully saturated rings. The number of hydrogen-bond donors (Lipinski definition) is 0. The van der Waals surface area contributed by atoms with Crippen molar-refractivity contribution < 1.29 is 32.2 Å². The number of carbonyl (C=O) groups excluding carboxylic acids is 1. The minimum absolute atomic E-state index is 0.242. The summed E-state index contributed by atoms with van der Waals surface area (Å²) in [6.07, 6.45) is -4.55. The van der Waals surface area contributed by atoms with Crippen LogP contribution in [0.15, 0.2) is 42.5 Å². The van der Waals surface area contributed by atoms with Crippen LogP contribution in [-0.2, 0) is 17.5 Å². The van der Waals surface area contributed by atoms with Gasteiger partial charge in [0.2, 0.25) is 0 Å². The Labute approximate surface area is 160 Å². The van der Waals surface area contributed by atoms with Gasteiger partial charge in [0.05, 0.1) is 5.56 Å². The van der Waals surface area contributed by atoms with E-state index in [-0.39, 0.29) is 12.3 Å². The Kier molecular flexibility index (Phi) is 5.96. The number of halogens is 3. The van der Waals surface area contributed by atoms with Gasteiger partial charge in [-0.25, -0.2) is 0 Å². The van der Waals surface area contributed by atoms with Crippen molar-refractivity contribution in [3.8, 4) is 17.2 Å². The number of rotatable bonds is 6. The summed E-state index contributed by atoms with van der Waals surface area (Å²) in [6.45, 7) is 2.78. The summed E-state index contributed by atoms with van der Waals surface area (Å²) in [5.41, 5.74) is -0.142. The lowest BCUT2D eigenvalue weighted by Gasteiger charge is -2.25.